The monoisotopic (exact) mass is 328 g/mol. The number of likely N-dealkylation sites (tertiary alicyclic amines) is 2. The molecular weight excluding hydrogens is 300 g/mol. The van der Waals surface area contributed by atoms with Crippen LogP contribution in [0, 0.1) is 12.8 Å². The number of ether oxygens (including phenoxy) is 1. The second-order valence-corrected chi connectivity index (χ2v) is 7.94. The zero-order valence-corrected chi connectivity index (χ0v) is 14.7. The number of amides is 1. The van der Waals surface area contributed by atoms with Crippen LogP contribution >= 0.6 is 0 Å². The van der Waals surface area contributed by atoms with Gasteiger partial charge in [-0.15, -0.1) is 0 Å². The zero-order chi connectivity index (χ0) is 16.6. The molecular formula is C20H28N2O2. The maximum Gasteiger partial charge on any atom is 0.254 e. The first-order chi connectivity index (χ1) is 11.6. The van der Waals surface area contributed by atoms with Crippen molar-refractivity contribution in [3.63, 3.8) is 0 Å². The maximum atomic E-state index is 12.6. The van der Waals surface area contributed by atoms with Crippen molar-refractivity contribution in [2.45, 2.75) is 38.2 Å². The highest BCUT2D eigenvalue weighted by Gasteiger charge is 2.48. The van der Waals surface area contributed by atoms with Crippen LogP contribution in [0.5, 0.6) is 0 Å². The second kappa shape index (κ2) is 6.49. The molecule has 0 N–H and O–H groups in total. The summed E-state index contributed by atoms with van der Waals surface area (Å²) < 4.78 is 6.24. The molecule has 0 bridgehead atoms. The molecule has 3 aliphatic rings. The van der Waals surface area contributed by atoms with E-state index in [2.05, 4.69) is 4.90 Å². The Bertz CT molecular complexity index is 593. The van der Waals surface area contributed by atoms with Crippen LogP contribution in [0.4, 0.5) is 0 Å². The van der Waals surface area contributed by atoms with Gasteiger partial charge < -0.3 is 14.5 Å². The van der Waals surface area contributed by atoms with E-state index in [1.165, 1.54) is 38.9 Å². The largest absolute Gasteiger partial charge is 0.371 e. The number of benzene rings is 1. The van der Waals surface area contributed by atoms with E-state index in [-0.39, 0.29) is 11.5 Å². The molecule has 3 aliphatic heterocycles. The normalized spacial score (nSPS) is 26.5. The molecule has 4 heteroatoms. The lowest BCUT2D eigenvalue weighted by atomic mass is 9.82. The maximum absolute atomic E-state index is 12.6. The van der Waals surface area contributed by atoms with Gasteiger partial charge in [0.1, 0.15) is 5.60 Å². The van der Waals surface area contributed by atoms with Gasteiger partial charge in [0.05, 0.1) is 19.7 Å². The lowest BCUT2D eigenvalue weighted by Crippen LogP contribution is -2.66. The van der Waals surface area contributed by atoms with Crippen LogP contribution in [0.2, 0.25) is 0 Å². The molecule has 0 unspecified atom stereocenters. The molecule has 1 amide bonds. The number of hydrogen-bond donors (Lipinski definition) is 0. The number of carbonyl (C=O) groups is 1. The number of carbonyl (C=O) groups excluding carboxylic acids is 1. The topological polar surface area (TPSA) is 32.8 Å². The van der Waals surface area contributed by atoms with Crippen molar-refractivity contribution in [2.75, 3.05) is 39.3 Å². The number of nitrogens with zero attached hydrogens (tertiary/aromatic N) is 2. The van der Waals surface area contributed by atoms with E-state index in [0.29, 0.717) is 5.92 Å². The van der Waals surface area contributed by atoms with Crippen molar-refractivity contribution in [1.82, 2.24) is 9.80 Å². The molecule has 24 heavy (non-hydrogen) atoms. The van der Waals surface area contributed by atoms with Crippen LogP contribution in [-0.2, 0) is 4.74 Å². The number of hydrogen-bond acceptors (Lipinski definition) is 3. The molecule has 3 saturated heterocycles. The smallest absolute Gasteiger partial charge is 0.254 e. The van der Waals surface area contributed by atoms with Crippen LogP contribution in [-0.4, -0.2) is 60.6 Å². The zero-order valence-electron chi connectivity index (χ0n) is 14.7. The van der Waals surface area contributed by atoms with E-state index in [0.717, 1.165) is 37.2 Å². The lowest BCUT2D eigenvalue weighted by Gasteiger charge is -2.53. The Morgan fingerprint density at radius 2 is 2.08 bits per heavy atom. The van der Waals surface area contributed by atoms with Gasteiger partial charge in [-0.05, 0) is 63.7 Å². The van der Waals surface area contributed by atoms with Crippen molar-refractivity contribution >= 4 is 5.91 Å². The first kappa shape index (κ1) is 16.1. The SMILES string of the molecule is Cc1cccc(C(=O)N2CC3(CC[C@@H](CN4CCCC4)CO3)C2)c1. The quantitative estimate of drug-likeness (QED) is 0.855. The molecule has 1 atom stereocenters. The summed E-state index contributed by atoms with van der Waals surface area (Å²) in [6, 6.07) is 7.87. The minimum absolute atomic E-state index is 0.0546. The van der Waals surface area contributed by atoms with Crippen molar-refractivity contribution in [1.29, 1.82) is 0 Å². The van der Waals surface area contributed by atoms with Crippen LogP contribution in [0.25, 0.3) is 0 Å². The summed E-state index contributed by atoms with van der Waals surface area (Å²) in [5.41, 5.74) is 1.88. The first-order valence-electron chi connectivity index (χ1n) is 9.36. The summed E-state index contributed by atoms with van der Waals surface area (Å²) in [5, 5.41) is 0. The van der Waals surface area contributed by atoms with E-state index in [1.54, 1.807) is 0 Å². The average molecular weight is 328 g/mol. The molecule has 3 fully saturated rings. The Balaban J connectivity index is 1.27. The molecule has 1 aromatic carbocycles. The van der Waals surface area contributed by atoms with Crippen molar-refractivity contribution in [2.24, 2.45) is 5.92 Å². The Morgan fingerprint density at radius 3 is 2.75 bits per heavy atom. The summed E-state index contributed by atoms with van der Waals surface area (Å²) in [6.45, 7) is 8.14. The van der Waals surface area contributed by atoms with Crippen molar-refractivity contribution in [3.8, 4) is 0 Å². The summed E-state index contributed by atoms with van der Waals surface area (Å²) in [7, 11) is 0. The van der Waals surface area contributed by atoms with Gasteiger partial charge in [-0.25, -0.2) is 0 Å². The minimum Gasteiger partial charge on any atom is -0.371 e. The number of aryl methyl sites for hydroxylation is 1. The second-order valence-electron chi connectivity index (χ2n) is 7.94. The molecule has 3 heterocycles. The van der Waals surface area contributed by atoms with Crippen molar-refractivity contribution in [3.05, 3.63) is 35.4 Å². The summed E-state index contributed by atoms with van der Waals surface area (Å²) in [5.74, 6) is 0.822. The summed E-state index contributed by atoms with van der Waals surface area (Å²) in [6.07, 6.45) is 5.05. The summed E-state index contributed by atoms with van der Waals surface area (Å²) >= 11 is 0. The van der Waals surface area contributed by atoms with Gasteiger partial charge in [-0.3, -0.25) is 4.79 Å². The van der Waals surface area contributed by atoms with Gasteiger partial charge in [-0.1, -0.05) is 17.7 Å². The predicted molar refractivity (Wildman–Crippen MR) is 94.2 cm³/mol. The molecule has 0 radical (unpaired) electrons. The molecule has 1 spiro atoms. The number of rotatable bonds is 3. The molecule has 0 saturated carbocycles. The average Bonchev–Trinajstić information content (AvgIpc) is 3.06. The highest BCUT2D eigenvalue weighted by Crippen LogP contribution is 2.37. The van der Waals surface area contributed by atoms with Crippen LogP contribution < -0.4 is 0 Å². The third kappa shape index (κ3) is 3.22. The van der Waals surface area contributed by atoms with Gasteiger partial charge in [-0.2, -0.15) is 0 Å². The highest BCUT2D eigenvalue weighted by molar-refractivity contribution is 5.95. The fraction of sp³-hybridized carbons (Fsp3) is 0.650. The van der Waals surface area contributed by atoms with Gasteiger partial charge in [0.2, 0.25) is 0 Å². The summed E-state index contributed by atoms with van der Waals surface area (Å²) in [4.78, 5) is 17.1. The molecule has 0 aromatic heterocycles. The van der Waals surface area contributed by atoms with Crippen LogP contribution in [0.1, 0.15) is 41.6 Å². The Morgan fingerprint density at radius 1 is 1.29 bits per heavy atom. The van der Waals surface area contributed by atoms with Gasteiger partial charge in [0.15, 0.2) is 0 Å². The van der Waals surface area contributed by atoms with Crippen LogP contribution in [0.3, 0.4) is 0 Å². The van der Waals surface area contributed by atoms with E-state index in [4.69, 9.17) is 4.74 Å². The van der Waals surface area contributed by atoms with Gasteiger partial charge in [0, 0.05) is 12.1 Å². The Hall–Kier alpha value is -1.39. The Kier molecular flexibility index (Phi) is 4.35. The third-order valence-corrected chi connectivity index (χ3v) is 5.86. The first-order valence-corrected chi connectivity index (χ1v) is 9.36. The fourth-order valence-corrected chi connectivity index (χ4v) is 4.39. The minimum atomic E-state index is -0.0546. The molecule has 1 aromatic rings. The van der Waals surface area contributed by atoms with E-state index >= 15 is 0 Å². The molecule has 130 valence electrons. The van der Waals surface area contributed by atoms with Crippen molar-refractivity contribution < 1.29 is 9.53 Å². The lowest BCUT2D eigenvalue weighted by molar-refractivity contribution is -0.168. The molecule has 4 rings (SSSR count). The van der Waals surface area contributed by atoms with Crippen LogP contribution in [0.15, 0.2) is 24.3 Å². The van der Waals surface area contributed by atoms with Gasteiger partial charge >= 0.3 is 0 Å². The fourth-order valence-electron chi connectivity index (χ4n) is 4.39. The Labute approximate surface area is 144 Å². The van der Waals surface area contributed by atoms with Gasteiger partial charge in [0.25, 0.3) is 5.91 Å². The highest BCUT2D eigenvalue weighted by atomic mass is 16.5. The standard InChI is InChI=1S/C20H28N2O2/c1-16-5-4-6-18(11-16)19(23)22-14-20(15-22)8-7-17(13-24-20)12-21-9-2-3-10-21/h4-6,11,17H,2-3,7-10,12-15H2,1H3/t17-/m0/s1. The predicted octanol–water partition coefficient (Wildman–Crippen LogP) is 2.71. The van der Waals surface area contributed by atoms with E-state index < -0.39 is 0 Å². The van der Waals surface area contributed by atoms with E-state index in [9.17, 15) is 4.79 Å². The molecule has 4 nitrogen and oxygen atoms in total. The third-order valence-electron chi connectivity index (χ3n) is 5.86. The van der Waals surface area contributed by atoms with E-state index in [1.807, 2.05) is 36.1 Å². The molecule has 0 aliphatic carbocycles.